The van der Waals surface area contributed by atoms with Gasteiger partial charge in [-0.15, -0.1) is 0 Å². The first-order valence-electron chi connectivity index (χ1n) is 6.42. The summed E-state index contributed by atoms with van der Waals surface area (Å²) >= 11 is 3.45. The van der Waals surface area contributed by atoms with E-state index in [-0.39, 0.29) is 0 Å². The van der Waals surface area contributed by atoms with E-state index in [1.165, 1.54) is 0 Å². The van der Waals surface area contributed by atoms with Gasteiger partial charge in [-0.05, 0) is 42.3 Å². The highest BCUT2D eigenvalue weighted by Crippen LogP contribution is 2.22. The molecule has 1 unspecified atom stereocenters. The monoisotopic (exact) mass is 335 g/mol. The Bertz CT molecular complexity index is 569. The molecule has 0 heterocycles. The summed E-state index contributed by atoms with van der Waals surface area (Å²) in [5, 5.41) is 13.5. The molecule has 0 aliphatic rings. The number of aryl methyl sites for hydroxylation is 1. The molecule has 0 fully saturated rings. The quantitative estimate of drug-likeness (QED) is 0.870. The molecular weight excluding hydrogens is 318 g/mol. The molecule has 2 rings (SSSR count). The minimum absolute atomic E-state index is 0.462. The summed E-state index contributed by atoms with van der Waals surface area (Å²) in [5.74, 6) is 0.789. The molecule has 0 amide bonds. The molecule has 0 radical (unpaired) electrons. The van der Waals surface area contributed by atoms with Crippen LogP contribution < -0.4 is 10.1 Å². The summed E-state index contributed by atoms with van der Waals surface area (Å²) in [4.78, 5) is 0. The van der Waals surface area contributed by atoms with Crippen LogP contribution in [0.3, 0.4) is 0 Å². The Kier molecular flexibility index (Phi) is 5.04. The molecule has 0 aliphatic heterocycles. The predicted octanol–water partition coefficient (Wildman–Crippen LogP) is 3.91. The molecule has 20 heavy (non-hydrogen) atoms. The third kappa shape index (κ3) is 3.74. The first kappa shape index (κ1) is 14.9. The van der Waals surface area contributed by atoms with E-state index in [1.807, 2.05) is 49.4 Å². The first-order chi connectivity index (χ1) is 9.60. The van der Waals surface area contributed by atoms with Gasteiger partial charge in [0.25, 0.3) is 0 Å². The molecule has 0 spiro atoms. The van der Waals surface area contributed by atoms with Crippen molar-refractivity contribution in [2.24, 2.45) is 0 Å². The SMILES string of the molecule is COc1ccc(C(O)CNc2cc(Br)ccc2C)cc1. The van der Waals surface area contributed by atoms with E-state index in [2.05, 4.69) is 21.2 Å². The van der Waals surface area contributed by atoms with Crippen molar-refractivity contribution in [2.45, 2.75) is 13.0 Å². The second kappa shape index (κ2) is 6.77. The van der Waals surface area contributed by atoms with Gasteiger partial charge in [-0.25, -0.2) is 0 Å². The highest BCUT2D eigenvalue weighted by molar-refractivity contribution is 9.10. The van der Waals surface area contributed by atoms with Gasteiger partial charge < -0.3 is 15.2 Å². The molecule has 2 aromatic rings. The lowest BCUT2D eigenvalue weighted by atomic mass is 10.1. The average Bonchev–Trinajstić information content (AvgIpc) is 2.48. The van der Waals surface area contributed by atoms with Crippen LogP contribution in [0.5, 0.6) is 5.75 Å². The topological polar surface area (TPSA) is 41.5 Å². The Morgan fingerprint density at radius 2 is 1.90 bits per heavy atom. The molecule has 0 saturated carbocycles. The van der Waals surface area contributed by atoms with Crippen LogP contribution in [-0.4, -0.2) is 18.8 Å². The molecular formula is C16H18BrNO2. The highest BCUT2D eigenvalue weighted by Gasteiger charge is 2.08. The number of hydrogen-bond donors (Lipinski definition) is 2. The Balaban J connectivity index is 2.00. The number of hydrogen-bond acceptors (Lipinski definition) is 3. The summed E-state index contributed by atoms with van der Waals surface area (Å²) in [6.07, 6.45) is -0.556. The molecule has 2 aromatic carbocycles. The zero-order valence-electron chi connectivity index (χ0n) is 11.6. The minimum atomic E-state index is -0.556. The maximum absolute atomic E-state index is 10.2. The molecule has 0 aliphatic carbocycles. The van der Waals surface area contributed by atoms with Gasteiger partial charge in [0.2, 0.25) is 0 Å². The van der Waals surface area contributed by atoms with Crippen molar-refractivity contribution in [3.63, 3.8) is 0 Å². The van der Waals surface area contributed by atoms with Gasteiger partial charge in [0.05, 0.1) is 13.2 Å². The van der Waals surface area contributed by atoms with Crippen LogP contribution in [0.1, 0.15) is 17.2 Å². The van der Waals surface area contributed by atoms with Crippen molar-refractivity contribution in [3.8, 4) is 5.75 Å². The van der Waals surface area contributed by atoms with Gasteiger partial charge in [-0.3, -0.25) is 0 Å². The van der Waals surface area contributed by atoms with Gasteiger partial charge in [0, 0.05) is 16.7 Å². The second-order valence-electron chi connectivity index (χ2n) is 4.63. The van der Waals surface area contributed by atoms with Crippen molar-refractivity contribution >= 4 is 21.6 Å². The van der Waals surface area contributed by atoms with E-state index in [4.69, 9.17) is 4.74 Å². The van der Waals surface area contributed by atoms with E-state index in [0.717, 1.165) is 27.0 Å². The number of halogens is 1. The highest BCUT2D eigenvalue weighted by atomic mass is 79.9. The third-order valence-corrected chi connectivity index (χ3v) is 3.68. The maximum atomic E-state index is 10.2. The number of nitrogens with one attached hydrogen (secondary N) is 1. The molecule has 0 aromatic heterocycles. The van der Waals surface area contributed by atoms with Crippen LogP contribution in [0, 0.1) is 6.92 Å². The van der Waals surface area contributed by atoms with Gasteiger partial charge in [0.1, 0.15) is 5.75 Å². The van der Waals surface area contributed by atoms with Crippen LogP contribution in [0.25, 0.3) is 0 Å². The Labute approximate surface area is 127 Å². The standard InChI is InChI=1S/C16H18BrNO2/c1-11-3-6-13(17)9-15(11)18-10-16(19)12-4-7-14(20-2)8-5-12/h3-9,16,18-19H,10H2,1-2H3. The van der Waals surface area contributed by atoms with Crippen molar-refractivity contribution in [1.82, 2.24) is 0 Å². The largest absolute Gasteiger partial charge is 0.497 e. The van der Waals surface area contributed by atoms with E-state index in [0.29, 0.717) is 6.54 Å². The smallest absolute Gasteiger partial charge is 0.118 e. The van der Waals surface area contributed by atoms with Crippen LogP contribution in [0.2, 0.25) is 0 Å². The molecule has 4 heteroatoms. The Morgan fingerprint density at radius 3 is 2.55 bits per heavy atom. The lowest BCUT2D eigenvalue weighted by Crippen LogP contribution is -2.12. The lowest BCUT2D eigenvalue weighted by molar-refractivity contribution is 0.191. The van der Waals surface area contributed by atoms with Crippen LogP contribution in [0.15, 0.2) is 46.9 Å². The fraction of sp³-hybridized carbons (Fsp3) is 0.250. The third-order valence-electron chi connectivity index (χ3n) is 3.19. The molecule has 0 saturated heterocycles. The van der Waals surface area contributed by atoms with E-state index in [1.54, 1.807) is 7.11 Å². The minimum Gasteiger partial charge on any atom is -0.497 e. The van der Waals surface area contributed by atoms with Crippen LogP contribution >= 0.6 is 15.9 Å². The van der Waals surface area contributed by atoms with E-state index in [9.17, 15) is 5.11 Å². The number of ether oxygens (including phenoxy) is 1. The summed E-state index contributed by atoms with van der Waals surface area (Å²) in [6, 6.07) is 13.5. The number of anilines is 1. The number of aliphatic hydroxyl groups excluding tert-OH is 1. The summed E-state index contributed by atoms with van der Waals surface area (Å²) in [5.41, 5.74) is 3.04. The number of rotatable bonds is 5. The van der Waals surface area contributed by atoms with Crippen molar-refractivity contribution in [3.05, 3.63) is 58.1 Å². The predicted molar refractivity (Wildman–Crippen MR) is 85.3 cm³/mol. The number of benzene rings is 2. The summed E-state index contributed by atoms with van der Waals surface area (Å²) in [7, 11) is 1.63. The average molecular weight is 336 g/mol. The van der Waals surface area contributed by atoms with Crippen LogP contribution in [0.4, 0.5) is 5.69 Å². The Morgan fingerprint density at radius 1 is 1.20 bits per heavy atom. The molecule has 1 atom stereocenters. The van der Waals surface area contributed by atoms with Crippen molar-refractivity contribution in [2.75, 3.05) is 19.0 Å². The second-order valence-corrected chi connectivity index (χ2v) is 5.54. The van der Waals surface area contributed by atoms with Gasteiger partial charge >= 0.3 is 0 Å². The Hall–Kier alpha value is -1.52. The van der Waals surface area contributed by atoms with Gasteiger partial charge in [-0.1, -0.05) is 34.1 Å². The fourth-order valence-electron chi connectivity index (χ4n) is 1.94. The van der Waals surface area contributed by atoms with Gasteiger partial charge in [-0.2, -0.15) is 0 Å². The molecule has 106 valence electrons. The molecule has 0 bridgehead atoms. The van der Waals surface area contributed by atoms with Gasteiger partial charge in [0.15, 0.2) is 0 Å². The summed E-state index contributed by atoms with van der Waals surface area (Å²) < 4.78 is 6.12. The zero-order chi connectivity index (χ0) is 14.5. The molecule has 3 nitrogen and oxygen atoms in total. The van der Waals surface area contributed by atoms with E-state index < -0.39 is 6.10 Å². The maximum Gasteiger partial charge on any atom is 0.118 e. The first-order valence-corrected chi connectivity index (χ1v) is 7.21. The molecule has 2 N–H and O–H groups in total. The number of methoxy groups -OCH3 is 1. The fourth-order valence-corrected chi connectivity index (χ4v) is 2.30. The normalized spacial score (nSPS) is 12.0. The number of aliphatic hydroxyl groups is 1. The summed E-state index contributed by atoms with van der Waals surface area (Å²) in [6.45, 7) is 2.50. The van der Waals surface area contributed by atoms with E-state index >= 15 is 0 Å². The van der Waals surface area contributed by atoms with Crippen molar-refractivity contribution in [1.29, 1.82) is 0 Å². The zero-order valence-corrected chi connectivity index (χ0v) is 13.1. The van der Waals surface area contributed by atoms with Crippen molar-refractivity contribution < 1.29 is 9.84 Å². The lowest BCUT2D eigenvalue weighted by Gasteiger charge is -2.15. The van der Waals surface area contributed by atoms with Crippen LogP contribution in [-0.2, 0) is 0 Å².